The molecule has 0 radical (unpaired) electrons. The molecule has 136 valence electrons. The van der Waals surface area contributed by atoms with Gasteiger partial charge in [-0.1, -0.05) is 18.2 Å². The van der Waals surface area contributed by atoms with Crippen molar-refractivity contribution < 1.29 is 10.2 Å². The maximum absolute atomic E-state index is 12.7. The summed E-state index contributed by atoms with van der Waals surface area (Å²) in [5, 5.41) is 24.3. The van der Waals surface area contributed by atoms with Crippen molar-refractivity contribution in [2.45, 2.75) is 25.7 Å². The number of nitrogens with zero attached hydrogens (tertiary/aromatic N) is 4. The van der Waals surface area contributed by atoms with Crippen LogP contribution in [0.5, 0.6) is 0 Å². The molecular weight excluding hydrogens is 332 g/mol. The number of hydrogen-bond acceptors (Lipinski definition) is 5. The molecule has 1 aromatic carbocycles. The Kier molecular flexibility index (Phi) is 4.36. The average molecular weight is 354 g/mol. The average Bonchev–Trinajstić information content (AvgIpc) is 3.08. The molecule has 0 bridgehead atoms. The molecule has 3 aromatic rings. The Bertz CT molecular complexity index is 1010. The number of pyridine rings is 1. The Morgan fingerprint density at radius 1 is 1.23 bits per heavy atom. The van der Waals surface area contributed by atoms with E-state index in [9.17, 15) is 9.90 Å². The van der Waals surface area contributed by atoms with Gasteiger partial charge >= 0.3 is 0 Å². The number of para-hydroxylation sites is 1. The topological polar surface area (TPSA) is 83.5 Å². The minimum Gasteiger partial charge on any atom is -0.393 e. The van der Waals surface area contributed by atoms with Crippen molar-refractivity contribution in [1.29, 1.82) is 0 Å². The van der Waals surface area contributed by atoms with E-state index < -0.39 is 6.10 Å². The lowest BCUT2D eigenvalue weighted by molar-refractivity contribution is 0.0915. The molecule has 1 atom stereocenters. The molecular formula is C19H22N4O3. The minimum absolute atomic E-state index is 0.0270. The molecule has 4 rings (SSSR count). The Balaban J connectivity index is 1.59. The smallest absolute Gasteiger partial charge is 0.255 e. The zero-order chi connectivity index (χ0) is 18.3. The molecule has 2 aromatic heterocycles. The molecule has 1 aliphatic heterocycles. The predicted molar refractivity (Wildman–Crippen MR) is 97.6 cm³/mol. The monoisotopic (exact) mass is 354 g/mol. The van der Waals surface area contributed by atoms with Crippen LogP contribution >= 0.6 is 0 Å². The van der Waals surface area contributed by atoms with Crippen molar-refractivity contribution in [3.05, 3.63) is 63.7 Å². The van der Waals surface area contributed by atoms with E-state index >= 15 is 0 Å². The van der Waals surface area contributed by atoms with Crippen molar-refractivity contribution in [3.63, 3.8) is 0 Å². The molecule has 3 heterocycles. The Labute approximate surface area is 150 Å². The van der Waals surface area contributed by atoms with Gasteiger partial charge in [-0.3, -0.25) is 14.4 Å². The maximum Gasteiger partial charge on any atom is 0.255 e. The number of rotatable bonds is 4. The lowest BCUT2D eigenvalue weighted by Crippen LogP contribution is -2.35. The van der Waals surface area contributed by atoms with Crippen LogP contribution in [0, 0.1) is 0 Å². The highest BCUT2D eigenvalue weighted by Gasteiger charge is 2.22. The van der Waals surface area contributed by atoms with Crippen molar-refractivity contribution >= 4 is 10.9 Å². The molecule has 7 nitrogen and oxygen atoms in total. The third kappa shape index (κ3) is 2.94. The minimum atomic E-state index is -0.950. The van der Waals surface area contributed by atoms with Crippen LogP contribution in [0.2, 0.25) is 0 Å². The van der Waals surface area contributed by atoms with Crippen LogP contribution in [0.25, 0.3) is 10.9 Å². The first kappa shape index (κ1) is 17.0. The van der Waals surface area contributed by atoms with E-state index in [1.807, 2.05) is 48.1 Å². The number of fused-ring (bicyclic) bond motifs is 2. The molecule has 1 aliphatic rings. The van der Waals surface area contributed by atoms with Gasteiger partial charge in [0.25, 0.3) is 5.56 Å². The molecule has 0 fully saturated rings. The lowest BCUT2D eigenvalue weighted by atomic mass is 10.1. The largest absolute Gasteiger partial charge is 0.393 e. The van der Waals surface area contributed by atoms with Gasteiger partial charge in [0.05, 0.1) is 30.1 Å². The maximum atomic E-state index is 12.7. The van der Waals surface area contributed by atoms with Crippen LogP contribution in [-0.4, -0.2) is 42.6 Å². The first-order chi connectivity index (χ1) is 12.6. The molecule has 1 unspecified atom stereocenters. The predicted octanol–water partition coefficient (Wildman–Crippen LogP) is 0.777. The molecule has 2 N–H and O–H groups in total. The molecule has 0 spiro atoms. The van der Waals surface area contributed by atoms with E-state index in [-0.39, 0.29) is 12.2 Å². The Hall–Kier alpha value is -2.48. The molecule has 26 heavy (non-hydrogen) atoms. The van der Waals surface area contributed by atoms with E-state index in [1.165, 1.54) is 0 Å². The van der Waals surface area contributed by atoms with Gasteiger partial charge in [0, 0.05) is 32.2 Å². The van der Waals surface area contributed by atoms with Gasteiger partial charge < -0.3 is 14.8 Å². The highest BCUT2D eigenvalue weighted by atomic mass is 16.3. The molecule has 0 aliphatic carbocycles. The molecule has 7 heteroatoms. The zero-order valence-corrected chi connectivity index (χ0v) is 14.7. The Morgan fingerprint density at radius 2 is 2.04 bits per heavy atom. The van der Waals surface area contributed by atoms with Gasteiger partial charge in [0.1, 0.15) is 6.10 Å². The second kappa shape index (κ2) is 6.68. The number of benzene rings is 1. The van der Waals surface area contributed by atoms with E-state index in [0.29, 0.717) is 25.3 Å². The summed E-state index contributed by atoms with van der Waals surface area (Å²) in [4.78, 5) is 14.9. The van der Waals surface area contributed by atoms with Gasteiger partial charge in [-0.15, -0.1) is 0 Å². The summed E-state index contributed by atoms with van der Waals surface area (Å²) in [6.45, 7) is 2.36. The molecule has 0 amide bonds. The Morgan fingerprint density at radius 3 is 2.85 bits per heavy atom. The van der Waals surface area contributed by atoms with Gasteiger partial charge in [0.2, 0.25) is 0 Å². The third-order valence-corrected chi connectivity index (χ3v) is 5.01. The highest BCUT2D eigenvalue weighted by molar-refractivity contribution is 5.79. The van der Waals surface area contributed by atoms with Crippen LogP contribution in [0.15, 0.2) is 41.2 Å². The fourth-order valence-electron chi connectivity index (χ4n) is 3.58. The first-order valence-electron chi connectivity index (χ1n) is 8.72. The standard InChI is InChI=1S/C19H22N4O3/c1-21-17-5-3-2-4-13(17)8-14(19(21)26)10-22-6-7-23-15(11-22)9-16(20-23)18(25)12-24/h2-5,8-9,18,24-25H,6-7,10-12H2,1H3. The molecule has 0 saturated heterocycles. The van der Waals surface area contributed by atoms with Gasteiger partial charge in [-0.05, 0) is 23.6 Å². The van der Waals surface area contributed by atoms with Crippen LogP contribution in [0.1, 0.15) is 23.1 Å². The highest BCUT2D eigenvalue weighted by Crippen LogP contribution is 2.20. The summed E-state index contributed by atoms with van der Waals surface area (Å²) in [7, 11) is 1.81. The summed E-state index contributed by atoms with van der Waals surface area (Å²) in [6, 6.07) is 11.7. The summed E-state index contributed by atoms with van der Waals surface area (Å²) in [5.74, 6) is 0. The number of hydrogen-bond donors (Lipinski definition) is 2. The van der Waals surface area contributed by atoms with Crippen molar-refractivity contribution in [3.8, 4) is 0 Å². The van der Waals surface area contributed by atoms with Crippen LogP contribution in [-0.2, 0) is 26.7 Å². The van der Waals surface area contributed by atoms with Gasteiger partial charge in [-0.25, -0.2) is 0 Å². The second-order valence-electron chi connectivity index (χ2n) is 6.79. The number of aromatic nitrogens is 3. The van der Waals surface area contributed by atoms with Crippen LogP contribution < -0.4 is 5.56 Å². The number of aliphatic hydroxyl groups excluding tert-OH is 2. The van der Waals surface area contributed by atoms with E-state index in [2.05, 4.69) is 10.00 Å². The summed E-state index contributed by atoms with van der Waals surface area (Å²) in [5.41, 5.74) is 3.21. The van der Waals surface area contributed by atoms with E-state index in [0.717, 1.165) is 28.7 Å². The van der Waals surface area contributed by atoms with Crippen molar-refractivity contribution in [1.82, 2.24) is 19.2 Å². The number of aryl methyl sites for hydroxylation is 1. The lowest BCUT2D eigenvalue weighted by Gasteiger charge is -2.27. The zero-order valence-electron chi connectivity index (χ0n) is 14.7. The number of aliphatic hydroxyl groups is 2. The molecule has 0 saturated carbocycles. The summed E-state index contributed by atoms with van der Waals surface area (Å²) in [6.07, 6.45) is -0.950. The van der Waals surface area contributed by atoms with Gasteiger partial charge in [-0.2, -0.15) is 5.10 Å². The SMILES string of the molecule is Cn1c(=O)c(CN2CCn3nc(C(O)CO)cc3C2)cc2ccccc21. The third-order valence-electron chi connectivity index (χ3n) is 5.01. The fourth-order valence-corrected chi connectivity index (χ4v) is 3.58. The van der Waals surface area contributed by atoms with Crippen LogP contribution in [0.3, 0.4) is 0 Å². The quantitative estimate of drug-likeness (QED) is 0.723. The normalized spacial score (nSPS) is 16.0. The van der Waals surface area contributed by atoms with E-state index in [1.54, 1.807) is 4.57 Å². The van der Waals surface area contributed by atoms with Crippen molar-refractivity contribution in [2.24, 2.45) is 7.05 Å². The summed E-state index contributed by atoms with van der Waals surface area (Å²) < 4.78 is 3.57. The first-order valence-corrected chi connectivity index (χ1v) is 8.72. The second-order valence-corrected chi connectivity index (χ2v) is 6.79. The fraction of sp³-hybridized carbons (Fsp3) is 0.368. The van der Waals surface area contributed by atoms with Crippen molar-refractivity contribution in [2.75, 3.05) is 13.2 Å². The van der Waals surface area contributed by atoms with Gasteiger partial charge in [0.15, 0.2) is 0 Å². The summed E-state index contributed by atoms with van der Waals surface area (Å²) >= 11 is 0. The van der Waals surface area contributed by atoms with Crippen LogP contribution in [0.4, 0.5) is 0 Å². The van der Waals surface area contributed by atoms with E-state index in [4.69, 9.17) is 5.11 Å².